The monoisotopic (exact) mass is 263 g/mol. The lowest BCUT2D eigenvalue weighted by Gasteiger charge is -2.08. The molecule has 0 spiro atoms. The van der Waals surface area contributed by atoms with Crippen LogP contribution in [-0.4, -0.2) is 26.5 Å². The molecular weight excluding hydrogens is 244 g/mol. The Bertz CT molecular complexity index is 670. The Labute approximate surface area is 111 Å². The molecule has 2 N–H and O–H groups in total. The Hall–Kier alpha value is -1.95. The Balaban J connectivity index is 2.67. The summed E-state index contributed by atoms with van der Waals surface area (Å²) in [4.78, 5) is 14.9. The van der Waals surface area contributed by atoms with Crippen LogP contribution in [0, 0.1) is 20.8 Å². The highest BCUT2D eigenvalue weighted by molar-refractivity contribution is 5.19. The molecule has 0 fully saturated rings. The summed E-state index contributed by atoms with van der Waals surface area (Å²) < 4.78 is 3.60. The Morgan fingerprint density at radius 2 is 2.11 bits per heavy atom. The normalized spacial score (nSPS) is 11.0. The van der Waals surface area contributed by atoms with Crippen molar-refractivity contribution in [3.05, 3.63) is 39.1 Å². The van der Waals surface area contributed by atoms with Gasteiger partial charge in [0.25, 0.3) is 0 Å². The summed E-state index contributed by atoms with van der Waals surface area (Å²) in [5, 5.41) is 13.4. The second-order valence-corrected chi connectivity index (χ2v) is 4.71. The predicted octanol–water partition coefficient (Wildman–Crippen LogP) is -0.155. The first-order valence-electron chi connectivity index (χ1n) is 6.22. The number of rotatable bonds is 3. The van der Waals surface area contributed by atoms with Crippen molar-refractivity contribution >= 4 is 0 Å². The maximum Gasteiger partial charge on any atom is 0.389 e. The summed E-state index contributed by atoms with van der Waals surface area (Å²) in [7, 11) is 1.87. The van der Waals surface area contributed by atoms with Gasteiger partial charge in [0.05, 0.1) is 24.0 Å². The first-order chi connectivity index (χ1) is 8.95. The quantitative estimate of drug-likeness (QED) is 0.756. The number of aromatic nitrogens is 4. The molecule has 0 aromatic carbocycles. The fraction of sp³-hybridized carbons (Fsp3) is 0.462. The number of hydrogen-bond acceptors (Lipinski definition) is 3. The van der Waals surface area contributed by atoms with Crippen molar-refractivity contribution in [1.82, 2.24) is 14.8 Å². The van der Waals surface area contributed by atoms with Gasteiger partial charge in [-0.2, -0.15) is 0 Å². The number of H-pyrrole nitrogens is 1. The average molecular weight is 263 g/mol. The van der Waals surface area contributed by atoms with E-state index in [1.165, 1.54) is 0 Å². The molecule has 6 nitrogen and oxygen atoms in total. The van der Waals surface area contributed by atoms with E-state index >= 15 is 0 Å². The van der Waals surface area contributed by atoms with E-state index in [0.29, 0.717) is 17.9 Å². The second kappa shape index (κ2) is 4.97. The van der Waals surface area contributed by atoms with Gasteiger partial charge in [0.2, 0.25) is 0 Å². The largest absolute Gasteiger partial charge is 0.396 e. The topological polar surface area (TPSA) is 74.8 Å². The standard InChI is InChI=1S/C13H18N4O2/c1-8-7-9(2)17(15-8)13-14-12(19)11(5-6-18)10(3)16(13)4/h7,18H,5-6H2,1-4H3/p+1. The average Bonchev–Trinajstić information content (AvgIpc) is 2.68. The second-order valence-electron chi connectivity index (χ2n) is 4.71. The van der Waals surface area contributed by atoms with E-state index in [-0.39, 0.29) is 12.2 Å². The third-order valence-electron chi connectivity index (χ3n) is 3.33. The predicted molar refractivity (Wildman–Crippen MR) is 70.4 cm³/mol. The van der Waals surface area contributed by atoms with Crippen LogP contribution in [0.25, 0.3) is 5.95 Å². The van der Waals surface area contributed by atoms with E-state index < -0.39 is 0 Å². The molecular formula is C13H19N4O2+. The summed E-state index contributed by atoms with van der Waals surface area (Å²) in [6.45, 7) is 5.68. The maximum atomic E-state index is 12.1. The Morgan fingerprint density at radius 1 is 1.42 bits per heavy atom. The van der Waals surface area contributed by atoms with E-state index in [1.807, 2.05) is 38.5 Å². The molecule has 0 saturated heterocycles. The lowest BCUT2D eigenvalue weighted by Crippen LogP contribution is -2.44. The van der Waals surface area contributed by atoms with Crippen molar-refractivity contribution in [2.45, 2.75) is 27.2 Å². The molecule has 2 aromatic heterocycles. The summed E-state index contributed by atoms with van der Waals surface area (Å²) in [5.74, 6) is 0.620. The number of hydrogen-bond donors (Lipinski definition) is 2. The highest BCUT2D eigenvalue weighted by Gasteiger charge is 2.21. The first kappa shape index (κ1) is 13.5. The van der Waals surface area contributed by atoms with Crippen molar-refractivity contribution in [2.75, 3.05) is 6.61 Å². The molecule has 102 valence electrons. The molecule has 2 rings (SSSR count). The molecule has 0 aliphatic carbocycles. The summed E-state index contributed by atoms with van der Waals surface area (Å²) in [5.41, 5.74) is 3.12. The molecule has 0 aliphatic rings. The number of aliphatic hydroxyl groups is 1. The molecule has 0 unspecified atom stereocenters. The van der Waals surface area contributed by atoms with Crippen LogP contribution in [0.4, 0.5) is 0 Å². The molecule has 6 heteroatoms. The van der Waals surface area contributed by atoms with Crippen molar-refractivity contribution in [3.63, 3.8) is 0 Å². The third kappa shape index (κ3) is 2.31. The molecule has 19 heavy (non-hydrogen) atoms. The number of nitrogens with one attached hydrogen (secondary N) is 1. The van der Waals surface area contributed by atoms with Gasteiger partial charge in [0, 0.05) is 13.0 Å². The van der Waals surface area contributed by atoms with E-state index in [4.69, 9.17) is 5.11 Å². The molecule has 0 bridgehead atoms. The highest BCUT2D eigenvalue weighted by Crippen LogP contribution is 2.07. The van der Waals surface area contributed by atoms with Gasteiger partial charge in [0.1, 0.15) is 5.69 Å². The number of aliphatic hydroxyl groups excluding tert-OH is 1. The van der Waals surface area contributed by atoms with E-state index in [9.17, 15) is 4.79 Å². The summed E-state index contributed by atoms with van der Waals surface area (Å²) in [6.07, 6.45) is 0.354. The van der Waals surface area contributed by atoms with Crippen LogP contribution >= 0.6 is 0 Å². The Kier molecular flexibility index (Phi) is 3.53. The highest BCUT2D eigenvalue weighted by atomic mass is 16.3. The first-order valence-corrected chi connectivity index (χ1v) is 6.22. The van der Waals surface area contributed by atoms with Crippen molar-refractivity contribution in [1.29, 1.82) is 0 Å². The van der Waals surface area contributed by atoms with Gasteiger partial charge < -0.3 is 5.11 Å². The smallest absolute Gasteiger partial charge is 0.389 e. The van der Waals surface area contributed by atoms with Crippen LogP contribution in [0.2, 0.25) is 0 Å². The molecule has 0 saturated carbocycles. The maximum absolute atomic E-state index is 12.1. The Morgan fingerprint density at radius 3 is 2.63 bits per heavy atom. The van der Waals surface area contributed by atoms with E-state index in [2.05, 4.69) is 10.1 Å². The molecule has 0 aliphatic heterocycles. The van der Waals surface area contributed by atoms with Crippen LogP contribution in [0.3, 0.4) is 0 Å². The van der Waals surface area contributed by atoms with E-state index in [1.54, 1.807) is 4.68 Å². The van der Waals surface area contributed by atoms with Crippen LogP contribution in [-0.2, 0) is 13.5 Å². The minimum absolute atomic E-state index is 0.0385. The zero-order valence-electron chi connectivity index (χ0n) is 11.7. The van der Waals surface area contributed by atoms with Crippen molar-refractivity contribution < 1.29 is 9.67 Å². The van der Waals surface area contributed by atoms with Gasteiger partial charge in [-0.05, 0) is 26.8 Å². The van der Waals surface area contributed by atoms with Crippen LogP contribution in [0.1, 0.15) is 22.6 Å². The minimum atomic E-state index is -0.174. The van der Waals surface area contributed by atoms with Gasteiger partial charge in [-0.25, -0.2) is 9.55 Å². The molecule has 0 atom stereocenters. The van der Waals surface area contributed by atoms with Gasteiger partial charge in [-0.3, -0.25) is 4.79 Å². The van der Waals surface area contributed by atoms with Gasteiger partial charge in [0.15, 0.2) is 0 Å². The number of aryl methyl sites for hydroxylation is 2. The fourth-order valence-electron chi connectivity index (χ4n) is 2.23. The molecule has 2 aromatic rings. The number of aromatic amines is 1. The van der Waals surface area contributed by atoms with Gasteiger partial charge >= 0.3 is 11.5 Å². The summed E-state index contributed by atoms with van der Waals surface area (Å²) >= 11 is 0. The zero-order valence-corrected chi connectivity index (χ0v) is 11.7. The lowest BCUT2D eigenvalue weighted by molar-refractivity contribution is -0.675. The van der Waals surface area contributed by atoms with Gasteiger partial charge in [-0.15, -0.1) is 9.78 Å². The number of nitrogens with zero attached hydrogens (tertiary/aromatic N) is 3. The zero-order chi connectivity index (χ0) is 14.2. The fourth-order valence-corrected chi connectivity index (χ4v) is 2.23. The molecule has 0 radical (unpaired) electrons. The van der Waals surface area contributed by atoms with E-state index in [0.717, 1.165) is 17.1 Å². The SMILES string of the molecule is Cc1cc(C)n(-c2[nH]c(=O)c(CCO)c(C)[n+]2C)n1. The molecule has 2 heterocycles. The van der Waals surface area contributed by atoms with Crippen molar-refractivity contribution in [3.8, 4) is 5.95 Å². The lowest BCUT2D eigenvalue weighted by atomic mass is 10.2. The van der Waals surface area contributed by atoms with Crippen LogP contribution in [0.15, 0.2) is 10.9 Å². The van der Waals surface area contributed by atoms with Gasteiger partial charge in [-0.1, -0.05) is 0 Å². The third-order valence-corrected chi connectivity index (χ3v) is 3.33. The summed E-state index contributed by atoms with van der Waals surface area (Å²) in [6, 6.07) is 1.95. The van der Waals surface area contributed by atoms with Crippen molar-refractivity contribution in [2.24, 2.45) is 7.05 Å². The van der Waals surface area contributed by atoms with Crippen LogP contribution < -0.4 is 10.1 Å². The van der Waals surface area contributed by atoms with Crippen LogP contribution in [0.5, 0.6) is 0 Å². The molecule has 0 amide bonds. The minimum Gasteiger partial charge on any atom is -0.396 e.